The van der Waals surface area contributed by atoms with Crippen LogP contribution in [0.5, 0.6) is 0 Å². The lowest BCUT2D eigenvalue weighted by molar-refractivity contribution is -0.137. The first-order valence-electron chi connectivity index (χ1n) is 6.43. The van der Waals surface area contributed by atoms with Crippen LogP contribution in [0.25, 0.3) is 0 Å². The molecule has 0 aromatic rings. The number of urea groups is 1. The van der Waals surface area contributed by atoms with Crippen molar-refractivity contribution in [1.29, 1.82) is 0 Å². The predicted molar refractivity (Wildman–Crippen MR) is 68.4 cm³/mol. The molecule has 106 valence electrons. The van der Waals surface area contributed by atoms with Crippen LogP contribution in [0.4, 0.5) is 4.79 Å². The van der Waals surface area contributed by atoms with Crippen molar-refractivity contribution in [3.05, 3.63) is 0 Å². The molecule has 0 aromatic heterocycles. The van der Waals surface area contributed by atoms with Gasteiger partial charge in [-0.15, -0.1) is 0 Å². The molecule has 2 amide bonds. The molecule has 0 fully saturated rings. The predicted octanol–water partition coefficient (Wildman–Crippen LogP) is 1.04. The van der Waals surface area contributed by atoms with Gasteiger partial charge in [0.15, 0.2) is 0 Å². The molecule has 0 aliphatic carbocycles. The number of carbonyl (C=O) groups excluding carboxylic acids is 1. The van der Waals surface area contributed by atoms with Gasteiger partial charge in [0, 0.05) is 19.1 Å². The van der Waals surface area contributed by atoms with E-state index in [1.165, 1.54) is 4.90 Å². The van der Waals surface area contributed by atoms with Crippen LogP contribution in [0.2, 0.25) is 0 Å². The zero-order valence-corrected chi connectivity index (χ0v) is 11.2. The Morgan fingerprint density at radius 1 is 1.22 bits per heavy atom. The van der Waals surface area contributed by atoms with Gasteiger partial charge in [0.25, 0.3) is 0 Å². The van der Waals surface area contributed by atoms with Gasteiger partial charge in [-0.2, -0.15) is 0 Å². The molecule has 1 unspecified atom stereocenters. The first kappa shape index (κ1) is 16.7. The van der Waals surface area contributed by atoms with Crippen molar-refractivity contribution in [2.75, 3.05) is 19.7 Å². The second kappa shape index (κ2) is 9.70. The molecule has 0 aliphatic rings. The quantitative estimate of drug-likeness (QED) is 0.578. The second-order valence-corrected chi connectivity index (χ2v) is 4.24. The fraction of sp³-hybridized carbons (Fsp3) is 0.833. The summed E-state index contributed by atoms with van der Waals surface area (Å²) in [5.74, 6) is -0.919. The minimum atomic E-state index is -0.919. The van der Waals surface area contributed by atoms with Gasteiger partial charge < -0.3 is 20.4 Å². The van der Waals surface area contributed by atoms with Gasteiger partial charge in [-0.3, -0.25) is 4.79 Å². The third-order valence-corrected chi connectivity index (χ3v) is 2.54. The van der Waals surface area contributed by atoms with Gasteiger partial charge >= 0.3 is 12.0 Å². The molecule has 1 atom stereocenters. The van der Waals surface area contributed by atoms with Crippen LogP contribution in [0.15, 0.2) is 0 Å². The van der Waals surface area contributed by atoms with Crippen molar-refractivity contribution in [2.45, 2.75) is 45.6 Å². The Kier molecular flexibility index (Phi) is 9.00. The van der Waals surface area contributed by atoms with Gasteiger partial charge in [-0.1, -0.05) is 20.3 Å². The Bertz CT molecular complexity index is 252. The number of carbonyl (C=O) groups is 2. The molecule has 0 heterocycles. The zero-order valence-electron chi connectivity index (χ0n) is 11.2. The van der Waals surface area contributed by atoms with E-state index in [-0.39, 0.29) is 31.6 Å². The Balaban J connectivity index is 4.38. The Morgan fingerprint density at radius 3 is 2.33 bits per heavy atom. The number of hydrogen-bond acceptors (Lipinski definition) is 3. The van der Waals surface area contributed by atoms with Gasteiger partial charge in [0.05, 0.1) is 13.0 Å². The third kappa shape index (κ3) is 7.11. The first-order chi connectivity index (χ1) is 8.54. The highest BCUT2D eigenvalue weighted by molar-refractivity contribution is 5.75. The molecular weight excluding hydrogens is 236 g/mol. The van der Waals surface area contributed by atoms with E-state index < -0.39 is 5.97 Å². The van der Waals surface area contributed by atoms with Crippen molar-refractivity contribution in [2.24, 2.45) is 0 Å². The number of aliphatic hydroxyl groups is 1. The van der Waals surface area contributed by atoms with E-state index in [2.05, 4.69) is 5.32 Å². The Hall–Kier alpha value is -1.30. The maximum atomic E-state index is 11.9. The number of aliphatic hydroxyl groups excluding tert-OH is 1. The number of carboxylic acid groups (broad SMARTS) is 1. The minimum absolute atomic E-state index is 0.0708. The fourth-order valence-electron chi connectivity index (χ4n) is 1.76. The lowest BCUT2D eigenvalue weighted by atomic mass is 10.1. The van der Waals surface area contributed by atoms with E-state index in [4.69, 9.17) is 10.2 Å². The van der Waals surface area contributed by atoms with Crippen LogP contribution in [0.1, 0.15) is 39.5 Å². The number of nitrogens with zero attached hydrogens (tertiary/aromatic N) is 1. The molecule has 0 radical (unpaired) electrons. The van der Waals surface area contributed by atoms with E-state index in [9.17, 15) is 9.59 Å². The van der Waals surface area contributed by atoms with Gasteiger partial charge in [0.2, 0.25) is 0 Å². The average molecular weight is 260 g/mol. The zero-order chi connectivity index (χ0) is 14.0. The maximum Gasteiger partial charge on any atom is 0.317 e. The van der Waals surface area contributed by atoms with Gasteiger partial charge in [-0.05, 0) is 12.8 Å². The van der Waals surface area contributed by atoms with Crippen molar-refractivity contribution in [1.82, 2.24) is 10.2 Å². The number of aliphatic carboxylic acids is 1. The molecule has 6 heteroatoms. The number of rotatable bonds is 9. The summed E-state index contributed by atoms with van der Waals surface area (Å²) in [4.78, 5) is 24.1. The number of carboxylic acids is 1. The summed E-state index contributed by atoms with van der Waals surface area (Å²) in [7, 11) is 0. The van der Waals surface area contributed by atoms with E-state index >= 15 is 0 Å². The Labute approximate surface area is 108 Å². The first-order valence-corrected chi connectivity index (χ1v) is 6.43. The lowest BCUT2D eigenvalue weighted by Gasteiger charge is -2.25. The van der Waals surface area contributed by atoms with Crippen molar-refractivity contribution >= 4 is 12.0 Å². The minimum Gasteiger partial charge on any atom is -0.481 e. The Morgan fingerprint density at radius 2 is 1.89 bits per heavy atom. The highest BCUT2D eigenvalue weighted by Gasteiger charge is 2.18. The molecule has 3 N–H and O–H groups in total. The number of hydrogen-bond donors (Lipinski definition) is 3. The van der Waals surface area contributed by atoms with Crippen molar-refractivity contribution < 1.29 is 19.8 Å². The highest BCUT2D eigenvalue weighted by Crippen LogP contribution is 2.03. The number of nitrogens with one attached hydrogen (secondary N) is 1. The molecule has 0 rings (SSSR count). The van der Waals surface area contributed by atoms with Crippen LogP contribution in [0.3, 0.4) is 0 Å². The lowest BCUT2D eigenvalue weighted by Crippen LogP contribution is -2.46. The summed E-state index contributed by atoms with van der Waals surface area (Å²) < 4.78 is 0. The summed E-state index contributed by atoms with van der Waals surface area (Å²) in [5, 5.41) is 20.4. The molecule has 0 bridgehead atoms. The smallest absolute Gasteiger partial charge is 0.317 e. The second-order valence-electron chi connectivity index (χ2n) is 4.24. The third-order valence-electron chi connectivity index (χ3n) is 2.54. The van der Waals surface area contributed by atoms with Gasteiger partial charge in [0.1, 0.15) is 0 Å². The van der Waals surface area contributed by atoms with Crippen LogP contribution in [0, 0.1) is 0 Å². The van der Waals surface area contributed by atoms with Crippen LogP contribution in [-0.2, 0) is 4.79 Å². The highest BCUT2D eigenvalue weighted by atomic mass is 16.4. The molecule has 18 heavy (non-hydrogen) atoms. The van der Waals surface area contributed by atoms with Crippen molar-refractivity contribution in [3.63, 3.8) is 0 Å². The molecule has 6 nitrogen and oxygen atoms in total. The van der Waals surface area contributed by atoms with Crippen LogP contribution in [-0.4, -0.2) is 52.9 Å². The molecule has 0 saturated carbocycles. The summed E-state index contributed by atoms with van der Waals surface area (Å²) in [6.45, 7) is 4.62. The molecule has 0 saturated heterocycles. The van der Waals surface area contributed by atoms with Gasteiger partial charge in [-0.25, -0.2) is 4.79 Å². The summed E-state index contributed by atoms with van der Waals surface area (Å²) >= 11 is 0. The van der Waals surface area contributed by atoms with E-state index in [1.807, 2.05) is 13.8 Å². The summed E-state index contributed by atoms with van der Waals surface area (Å²) in [6.07, 6.45) is 2.17. The summed E-state index contributed by atoms with van der Waals surface area (Å²) in [5.41, 5.74) is 0. The van der Waals surface area contributed by atoms with Crippen LogP contribution < -0.4 is 5.32 Å². The standard InChI is InChI=1S/C12H24N2O4/c1-3-5-10(9-11(16)17)13-12(18)14(6-4-2)7-8-15/h10,15H,3-9H2,1-2H3,(H,13,18)(H,16,17). The molecule has 0 aromatic carbocycles. The number of amides is 2. The summed E-state index contributed by atoms with van der Waals surface area (Å²) in [6, 6.07) is -0.649. The molecule has 0 aliphatic heterocycles. The van der Waals surface area contributed by atoms with E-state index in [0.29, 0.717) is 13.0 Å². The SMILES string of the molecule is CCCC(CC(=O)O)NC(=O)N(CCC)CCO. The molecular formula is C12H24N2O4. The topological polar surface area (TPSA) is 89.9 Å². The maximum absolute atomic E-state index is 11.9. The fourth-order valence-corrected chi connectivity index (χ4v) is 1.76. The monoisotopic (exact) mass is 260 g/mol. The molecule has 0 spiro atoms. The van der Waals surface area contributed by atoms with E-state index in [1.54, 1.807) is 0 Å². The normalized spacial score (nSPS) is 11.9. The van der Waals surface area contributed by atoms with Crippen LogP contribution >= 0.6 is 0 Å². The average Bonchev–Trinajstić information content (AvgIpc) is 2.28. The van der Waals surface area contributed by atoms with Crippen molar-refractivity contribution in [3.8, 4) is 0 Å². The van der Waals surface area contributed by atoms with E-state index in [0.717, 1.165) is 12.8 Å². The largest absolute Gasteiger partial charge is 0.481 e.